The Bertz CT molecular complexity index is 1550. The normalized spacial score (nSPS) is 11.4. The summed E-state index contributed by atoms with van der Waals surface area (Å²) in [4.78, 5) is 25.7. The largest absolute Gasteiger partial charge is 0.494 e. The van der Waals surface area contributed by atoms with E-state index >= 15 is 0 Å². The second kappa shape index (κ2) is 9.76. The highest BCUT2D eigenvalue weighted by molar-refractivity contribution is 7.91. The predicted octanol–water partition coefficient (Wildman–Crippen LogP) is 4.49. The maximum Gasteiger partial charge on any atom is 0.244 e. The van der Waals surface area contributed by atoms with E-state index in [1.807, 2.05) is 39.0 Å². The lowest BCUT2D eigenvalue weighted by atomic mass is 10.1. The van der Waals surface area contributed by atoms with Gasteiger partial charge in [0.1, 0.15) is 17.2 Å². The van der Waals surface area contributed by atoms with E-state index in [0.717, 1.165) is 11.1 Å². The van der Waals surface area contributed by atoms with Gasteiger partial charge in [-0.05, 0) is 69.3 Å². The second-order valence-corrected chi connectivity index (χ2v) is 10.2. The van der Waals surface area contributed by atoms with Gasteiger partial charge in [0, 0.05) is 17.3 Å². The fourth-order valence-electron chi connectivity index (χ4n) is 3.81. The summed E-state index contributed by atoms with van der Waals surface area (Å²) in [5.74, 6) is 0.189. The summed E-state index contributed by atoms with van der Waals surface area (Å²) in [6, 6.07) is 18.5. The summed E-state index contributed by atoms with van der Waals surface area (Å²) in [5.41, 5.74) is 2.37. The van der Waals surface area contributed by atoms with E-state index in [1.165, 1.54) is 22.9 Å². The molecule has 0 aliphatic heterocycles. The van der Waals surface area contributed by atoms with Crippen molar-refractivity contribution in [2.24, 2.45) is 0 Å². The summed E-state index contributed by atoms with van der Waals surface area (Å²) in [6.45, 7) is 5.89. The van der Waals surface area contributed by atoms with Gasteiger partial charge < -0.3 is 14.6 Å². The summed E-state index contributed by atoms with van der Waals surface area (Å²) in [7, 11) is -4.15. The van der Waals surface area contributed by atoms with Crippen molar-refractivity contribution < 1.29 is 17.9 Å². The summed E-state index contributed by atoms with van der Waals surface area (Å²) in [6.07, 6.45) is 1.25. The van der Waals surface area contributed by atoms with Gasteiger partial charge in [0.25, 0.3) is 0 Å². The molecule has 180 valence electrons. The number of carbonyl (C=O) groups excluding carboxylic acids is 1. The number of fused-ring (bicyclic) bond motifs is 1. The lowest BCUT2D eigenvalue weighted by Crippen LogP contribution is -2.24. The molecule has 0 atom stereocenters. The maximum atomic E-state index is 13.5. The van der Waals surface area contributed by atoms with E-state index in [2.05, 4.69) is 5.32 Å². The Kier molecular flexibility index (Phi) is 6.75. The molecule has 3 aromatic carbocycles. The van der Waals surface area contributed by atoms with E-state index in [9.17, 15) is 18.0 Å². The zero-order chi connectivity index (χ0) is 25.2. The van der Waals surface area contributed by atoms with Crippen molar-refractivity contribution in [3.05, 3.63) is 94.3 Å². The Balaban J connectivity index is 1.78. The smallest absolute Gasteiger partial charge is 0.244 e. The third kappa shape index (κ3) is 5.12. The highest BCUT2D eigenvalue weighted by Crippen LogP contribution is 2.24. The summed E-state index contributed by atoms with van der Waals surface area (Å²) < 4.78 is 33.8. The van der Waals surface area contributed by atoms with Gasteiger partial charge in [-0.2, -0.15) is 0 Å². The van der Waals surface area contributed by atoms with E-state index in [0.29, 0.717) is 23.6 Å². The molecule has 1 aromatic heterocycles. The number of carbonyl (C=O) groups is 1. The van der Waals surface area contributed by atoms with Crippen molar-refractivity contribution in [2.45, 2.75) is 37.1 Å². The number of hydrogen-bond donors (Lipinski definition) is 1. The average Bonchev–Trinajstić information content (AvgIpc) is 2.83. The molecule has 4 aromatic rings. The highest BCUT2D eigenvalue weighted by atomic mass is 32.2. The monoisotopic (exact) mass is 490 g/mol. The van der Waals surface area contributed by atoms with Crippen molar-refractivity contribution in [2.75, 3.05) is 11.9 Å². The van der Waals surface area contributed by atoms with Gasteiger partial charge in [-0.15, -0.1) is 0 Å². The first-order chi connectivity index (χ1) is 16.7. The number of aryl methyl sites for hydroxylation is 2. The number of rotatable bonds is 7. The Labute approximate surface area is 203 Å². The van der Waals surface area contributed by atoms with E-state index in [1.54, 1.807) is 36.4 Å². The Hall–Kier alpha value is -3.91. The van der Waals surface area contributed by atoms with Crippen LogP contribution in [0.1, 0.15) is 18.1 Å². The first-order valence-corrected chi connectivity index (χ1v) is 12.7. The minimum absolute atomic E-state index is 0.0271. The van der Waals surface area contributed by atoms with Gasteiger partial charge in [0.2, 0.25) is 21.2 Å². The summed E-state index contributed by atoms with van der Waals surface area (Å²) in [5, 5.41) is 3.05. The molecule has 7 nitrogen and oxygen atoms in total. The van der Waals surface area contributed by atoms with Gasteiger partial charge in [-0.25, -0.2) is 8.42 Å². The standard InChI is InChI=1S/C27H26N2O5S/c1-4-34-21-10-12-22(13-11-21)35(32,33)25-16-29(24-14-7-19(3)15-23(24)27(25)31)17-26(30)28-20-8-5-18(2)6-9-20/h5-16H,4,17H2,1-3H3,(H,28,30). The van der Waals surface area contributed by atoms with E-state index in [4.69, 9.17) is 4.74 Å². The van der Waals surface area contributed by atoms with Crippen molar-refractivity contribution in [3.8, 4) is 5.75 Å². The second-order valence-electron chi connectivity index (χ2n) is 8.29. The summed E-state index contributed by atoms with van der Waals surface area (Å²) >= 11 is 0. The minimum Gasteiger partial charge on any atom is -0.494 e. The quantitative estimate of drug-likeness (QED) is 0.412. The molecular formula is C27H26N2O5S. The average molecular weight is 491 g/mol. The third-order valence-corrected chi connectivity index (χ3v) is 7.35. The molecule has 1 N–H and O–H groups in total. The van der Waals surface area contributed by atoms with Crippen LogP contribution >= 0.6 is 0 Å². The molecule has 0 saturated carbocycles. The molecule has 0 fully saturated rings. The van der Waals surface area contributed by atoms with Crippen LogP contribution in [-0.2, 0) is 21.2 Å². The first-order valence-electron chi connectivity index (χ1n) is 11.2. The van der Waals surface area contributed by atoms with Crippen LogP contribution in [-0.4, -0.2) is 25.5 Å². The van der Waals surface area contributed by atoms with Crippen molar-refractivity contribution in [3.63, 3.8) is 0 Å². The molecule has 4 rings (SSSR count). The van der Waals surface area contributed by atoms with Gasteiger partial charge in [-0.3, -0.25) is 9.59 Å². The van der Waals surface area contributed by atoms with Gasteiger partial charge >= 0.3 is 0 Å². The number of nitrogens with one attached hydrogen (secondary N) is 1. The molecule has 0 bridgehead atoms. The molecule has 0 saturated heterocycles. The maximum absolute atomic E-state index is 13.5. The Morgan fingerprint density at radius 2 is 1.60 bits per heavy atom. The molecule has 0 aliphatic carbocycles. The van der Waals surface area contributed by atoms with Gasteiger partial charge in [-0.1, -0.05) is 29.3 Å². The van der Waals surface area contributed by atoms with Crippen LogP contribution in [0.5, 0.6) is 5.75 Å². The number of amides is 1. The lowest BCUT2D eigenvalue weighted by molar-refractivity contribution is -0.116. The predicted molar refractivity (Wildman–Crippen MR) is 136 cm³/mol. The minimum atomic E-state index is -4.15. The highest BCUT2D eigenvalue weighted by Gasteiger charge is 2.24. The van der Waals surface area contributed by atoms with Crippen molar-refractivity contribution in [1.82, 2.24) is 4.57 Å². The molecule has 0 unspecified atom stereocenters. The number of hydrogen-bond acceptors (Lipinski definition) is 5. The number of ether oxygens (including phenoxy) is 1. The molecule has 8 heteroatoms. The van der Waals surface area contributed by atoms with E-state index < -0.39 is 15.3 Å². The number of nitrogens with zero attached hydrogens (tertiary/aromatic N) is 1. The molecule has 0 aliphatic rings. The Morgan fingerprint density at radius 3 is 2.26 bits per heavy atom. The van der Waals surface area contributed by atoms with Gasteiger partial charge in [0.15, 0.2) is 0 Å². The van der Waals surface area contributed by atoms with Crippen LogP contribution in [0, 0.1) is 13.8 Å². The van der Waals surface area contributed by atoms with Crippen LogP contribution in [0.25, 0.3) is 10.9 Å². The number of aromatic nitrogens is 1. The van der Waals surface area contributed by atoms with Crippen LogP contribution < -0.4 is 15.5 Å². The molecule has 1 heterocycles. The molecular weight excluding hydrogens is 464 g/mol. The first kappa shape index (κ1) is 24.2. The van der Waals surface area contributed by atoms with Crippen molar-refractivity contribution >= 4 is 32.3 Å². The van der Waals surface area contributed by atoms with Crippen LogP contribution in [0.4, 0.5) is 5.69 Å². The van der Waals surface area contributed by atoms with Crippen molar-refractivity contribution in [1.29, 1.82) is 0 Å². The zero-order valence-corrected chi connectivity index (χ0v) is 20.6. The van der Waals surface area contributed by atoms with E-state index in [-0.39, 0.29) is 27.6 Å². The van der Waals surface area contributed by atoms with Gasteiger partial charge in [0.05, 0.1) is 17.0 Å². The number of sulfone groups is 1. The van der Waals surface area contributed by atoms with Crippen LogP contribution in [0.3, 0.4) is 0 Å². The van der Waals surface area contributed by atoms with Crippen LogP contribution in [0.15, 0.2) is 87.5 Å². The molecule has 0 radical (unpaired) electrons. The Morgan fingerprint density at radius 1 is 0.943 bits per heavy atom. The number of anilines is 1. The fraction of sp³-hybridized carbons (Fsp3) is 0.185. The number of pyridine rings is 1. The van der Waals surface area contributed by atoms with Crippen LogP contribution in [0.2, 0.25) is 0 Å². The molecule has 1 amide bonds. The SMILES string of the molecule is CCOc1ccc(S(=O)(=O)c2cn(CC(=O)Nc3ccc(C)cc3)c3ccc(C)cc3c2=O)cc1. The third-order valence-electron chi connectivity index (χ3n) is 5.59. The zero-order valence-electron chi connectivity index (χ0n) is 19.7. The molecule has 0 spiro atoms. The molecule has 35 heavy (non-hydrogen) atoms. The lowest BCUT2D eigenvalue weighted by Gasteiger charge is -2.15. The topological polar surface area (TPSA) is 94.5 Å². The fourth-order valence-corrected chi connectivity index (χ4v) is 5.18. The number of benzene rings is 3.